The Morgan fingerprint density at radius 1 is 1.22 bits per heavy atom. The molecule has 0 aromatic heterocycles. The van der Waals surface area contributed by atoms with Gasteiger partial charge < -0.3 is 15.0 Å². The molecule has 1 unspecified atom stereocenters. The van der Waals surface area contributed by atoms with Crippen LogP contribution in [0.5, 0.6) is 0 Å². The zero-order chi connectivity index (χ0) is 13.4. The van der Waals surface area contributed by atoms with Crippen LogP contribution < -0.4 is 5.32 Å². The lowest BCUT2D eigenvalue weighted by molar-refractivity contribution is 0.0941. The average Bonchev–Trinajstić information content (AvgIpc) is 2.27. The zero-order valence-electron chi connectivity index (χ0n) is 12.7. The second-order valence-electron chi connectivity index (χ2n) is 6.40. The molecule has 18 heavy (non-hydrogen) atoms. The lowest BCUT2D eigenvalue weighted by atomic mass is 10.0. The normalized spacial score (nSPS) is 22.0. The minimum atomic E-state index is 0.652. The summed E-state index contributed by atoms with van der Waals surface area (Å²) in [5, 5.41) is 3.62. The summed E-state index contributed by atoms with van der Waals surface area (Å²) in [6.07, 6.45) is 2.46. The molecular weight excluding hydrogens is 224 g/mol. The van der Waals surface area contributed by atoms with Gasteiger partial charge in [0, 0.05) is 45.4 Å². The fourth-order valence-electron chi connectivity index (χ4n) is 2.53. The number of ether oxygens (including phenoxy) is 1. The molecule has 1 atom stereocenters. The lowest BCUT2D eigenvalue weighted by Gasteiger charge is -2.34. The van der Waals surface area contributed by atoms with Crippen LogP contribution in [0.2, 0.25) is 0 Å². The van der Waals surface area contributed by atoms with Crippen molar-refractivity contribution in [2.45, 2.75) is 46.6 Å². The van der Waals surface area contributed by atoms with Gasteiger partial charge in [-0.2, -0.15) is 0 Å². The second-order valence-corrected chi connectivity index (χ2v) is 6.40. The second kappa shape index (κ2) is 8.89. The summed E-state index contributed by atoms with van der Waals surface area (Å²) in [4.78, 5) is 2.59. The molecule has 1 heterocycles. The van der Waals surface area contributed by atoms with E-state index in [-0.39, 0.29) is 0 Å². The van der Waals surface area contributed by atoms with Crippen molar-refractivity contribution >= 4 is 0 Å². The molecule has 1 saturated heterocycles. The van der Waals surface area contributed by atoms with E-state index in [9.17, 15) is 0 Å². The molecule has 0 aliphatic carbocycles. The number of hydrogen-bond donors (Lipinski definition) is 1. The van der Waals surface area contributed by atoms with Crippen molar-refractivity contribution in [1.29, 1.82) is 0 Å². The Kier molecular flexibility index (Phi) is 7.87. The van der Waals surface area contributed by atoms with E-state index < -0.39 is 0 Å². The lowest BCUT2D eigenvalue weighted by Crippen LogP contribution is -2.51. The van der Waals surface area contributed by atoms with Gasteiger partial charge >= 0.3 is 0 Å². The Labute approximate surface area is 113 Å². The maximum atomic E-state index is 5.64. The highest BCUT2D eigenvalue weighted by molar-refractivity contribution is 4.79. The molecule has 3 heteroatoms. The predicted octanol–water partition coefficient (Wildman–Crippen LogP) is 2.37. The van der Waals surface area contributed by atoms with Crippen LogP contribution in [0.4, 0.5) is 0 Å². The van der Waals surface area contributed by atoms with E-state index in [1.807, 2.05) is 0 Å². The van der Waals surface area contributed by atoms with Gasteiger partial charge in [0.2, 0.25) is 0 Å². The van der Waals surface area contributed by atoms with E-state index >= 15 is 0 Å². The summed E-state index contributed by atoms with van der Waals surface area (Å²) in [7, 11) is 0. The van der Waals surface area contributed by atoms with Gasteiger partial charge in [-0.15, -0.1) is 0 Å². The summed E-state index contributed by atoms with van der Waals surface area (Å²) in [6.45, 7) is 15.6. The third kappa shape index (κ3) is 7.34. The zero-order valence-corrected chi connectivity index (χ0v) is 12.7. The fraction of sp³-hybridized carbons (Fsp3) is 1.00. The number of hydrogen-bond acceptors (Lipinski definition) is 3. The maximum Gasteiger partial charge on any atom is 0.0489 e. The summed E-state index contributed by atoms with van der Waals surface area (Å²) in [6, 6.07) is 0.690. The van der Waals surface area contributed by atoms with Crippen LogP contribution in [0.25, 0.3) is 0 Å². The van der Waals surface area contributed by atoms with Crippen molar-refractivity contribution in [3.8, 4) is 0 Å². The molecule has 0 spiro atoms. The standard InChI is InChI=1S/C15H32N2O/c1-13(2)10-15-11-17(8-6-16-15)7-5-9-18-12-14(3)4/h13-16H,5-12H2,1-4H3. The first-order chi connectivity index (χ1) is 8.58. The van der Waals surface area contributed by atoms with Crippen molar-refractivity contribution in [3.05, 3.63) is 0 Å². The summed E-state index contributed by atoms with van der Waals surface area (Å²) >= 11 is 0. The fourth-order valence-corrected chi connectivity index (χ4v) is 2.53. The number of nitrogens with zero attached hydrogens (tertiary/aromatic N) is 1. The Balaban J connectivity index is 2.07. The molecule has 0 aromatic rings. The smallest absolute Gasteiger partial charge is 0.0489 e. The molecule has 108 valence electrons. The SMILES string of the molecule is CC(C)COCCCN1CCNC(CC(C)C)C1. The van der Waals surface area contributed by atoms with Crippen LogP contribution in [-0.4, -0.2) is 50.3 Å². The molecule has 0 saturated carbocycles. The molecule has 0 amide bonds. The maximum absolute atomic E-state index is 5.64. The third-order valence-electron chi connectivity index (χ3n) is 3.31. The molecule has 1 aliphatic heterocycles. The highest BCUT2D eigenvalue weighted by Crippen LogP contribution is 2.09. The molecule has 1 fully saturated rings. The molecule has 1 rings (SSSR count). The van der Waals surface area contributed by atoms with E-state index in [0.717, 1.165) is 25.7 Å². The Morgan fingerprint density at radius 2 is 2.00 bits per heavy atom. The van der Waals surface area contributed by atoms with E-state index in [0.29, 0.717) is 12.0 Å². The molecule has 3 nitrogen and oxygen atoms in total. The molecule has 1 N–H and O–H groups in total. The van der Waals surface area contributed by atoms with Crippen LogP contribution in [0.15, 0.2) is 0 Å². The molecule has 0 aromatic carbocycles. The first-order valence-corrected chi connectivity index (χ1v) is 7.61. The Morgan fingerprint density at radius 3 is 2.67 bits per heavy atom. The van der Waals surface area contributed by atoms with Crippen LogP contribution >= 0.6 is 0 Å². The van der Waals surface area contributed by atoms with Gasteiger partial charge in [0.25, 0.3) is 0 Å². The van der Waals surface area contributed by atoms with Gasteiger partial charge in [-0.1, -0.05) is 27.7 Å². The molecular formula is C15H32N2O. The van der Waals surface area contributed by atoms with Crippen LogP contribution in [0.1, 0.15) is 40.5 Å². The first-order valence-electron chi connectivity index (χ1n) is 7.61. The average molecular weight is 256 g/mol. The van der Waals surface area contributed by atoms with Gasteiger partial charge in [-0.25, -0.2) is 0 Å². The number of rotatable bonds is 8. The summed E-state index contributed by atoms with van der Waals surface area (Å²) < 4.78 is 5.64. The van der Waals surface area contributed by atoms with Crippen LogP contribution in [0, 0.1) is 11.8 Å². The van der Waals surface area contributed by atoms with Crippen LogP contribution in [-0.2, 0) is 4.74 Å². The summed E-state index contributed by atoms with van der Waals surface area (Å²) in [5.41, 5.74) is 0. The van der Waals surface area contributed by atoms with Gasteiger partial charge in [-0.3, -0.25) is 0 Å². The van der Waals surface area contributed by atoms with Gasteiger partial charge in [0.15, 0.2) is 0 Å². The highest BCUT2D eigenvalue weighted by Gasteiger charge is 2.19. The van der Waals surface area contributed by atoms with Crippen molar-refractivity contribution < 1.29 is 4.74 Å². The largest absolute Gasteiger partial charge is 0.381 e. The first kappa shape index (κ1) is 15.9. The molecule has 0 radical (unpaired) electrons. The molecule has 1 aliphatic rings. The van der Waals surface area contributed by atoms with E-state index in [2.05, 4.69) is 37.9 Å². The van der Waals surface area contributed by atoms with Crippen molar-refractivity contribution in [2.24, 2.45) is 11.8 Å². The minimum absolute atomic E-state index is 0.652. The third-order valence-corrected chi connectivity index (χ3v) is 3.31. The van der Waals surface area contributed by atoms with Crippen molar-refractivity contribution in [2.75, 3.05) is 39.4 Å². The van der Waals surface area contributed by atoms with E-state index in [1.165, 1.54) is 32.5 Å². The topological polar surface area (TPSA) is 24.5 Å². The minimum Gasteiger partial charge on any atom is -0.381 e. The van der Waals surface area contributed by atoms with Gasteiger partial charge in [0.1, 0.15) is 0 Å². The summed E-state index contributed by atoms with van der Waals surface area (Å²) in [5.74, 6) is 1.44. The predicted molar refractivity (Wildman–Crippen MR) is 78.0 cm³/mol. The number of nitrogens with one attached hydrogen (secondary N) is 1. The quantitative estimate of drug-likeness (QED) is 0.675. The van der Waals surface area contributed by atoms with Gasteiger partial charge in [0.05, 0.1) is 0 Å². The molecule has 0 bridgehead atoms. The Hall–Kier alpha value is -0.120. The highest BCUT2D eigenvalue weighted by atomic mass is 16.5. The number of piperazine rings is 1. The monoisotopic (exact) mass is 256 g/mol. The van der Waals surface area contributed by atoms with Crippen molar-refractivity contribution in [1.82, 2.24) is 10.2 Å². The van der Waals surface area contributed by atoms with E-state index in [1.54, 1.807) is 0 Å². The Bertz CT molecular complexity index is 207. The van der Waals surface area contributed by atoms with Crippen molar-refractivity contribution in [3.63, 3.8) is 0 Å². The van der Waals surface area contributed by atoms with Crippen LogP contribution in [0.3, 0.4) is 0 Å². The van der Waals surface area contributed by atoms with Gasteiger partial charge in [-0.05, 0) is 24.7 Å². The van der Waals surface area contributed by atoms with E-state index in [4.69, 9.17) is 4.74 Å².